The molecule has 9 nitrogen and oxygen atoms in total. The van der Waals surface area contributed by atoms with Gasteiger partial charge in [0.1, 0.15) is 5.76 Å². The molecule has 0 radical (unpaired) electrons. The Bertz CT molecular complexity index is 877. The number of anilines is 1. The van der Waals surface area contributed by atoms with Gasteiger partial charge in [0.2, 0.25) is 0 Å². The first-order chi connectivity index (χ1) is 14.0. The first-order valence-electron chi connectivity index (χ1n) is 8.93. The van der Waals surface area contributed by atoms with E-state index < -0.39 is 18.3 Å². The second kappa shape index (κ2) is 8.68. The van der Waals surface area contributed by atoms with E-state index >= 15 is 0 Å². The predicted molar refractivity (Wildman–Crippen MR) is 102 cm³/mol. The average Bonchev–Trinajstić information content (AvgIpc) is 3.12. The summed E-state index contributed by atoms with van der Waals surface area (Å²) in [5.41, 5.74) is 2.46. The van der Waals surface area contributed by atoms with Crippen molar-refractivity contribution in [2.45, 2.75) is 12.3 Å². The fraction of sp³-hybridized carbons (Fsp3) is 0.350. The van der Waals surface area contributed by atoms with Crippen LogP contribution in [0.5, 0.6) is 0 Å². The van der Waals surface area contributed by atoms with E-state index in [4.69, 9.17) is 14.2 Å². The van der Waals surface area contributed by atoms with Crippen molar-refractivity contribution >= 4 is 24.0 Å². The molecule has 3 rings (SSSR count). The highest BCUT2D eigenvalue weighted by molar-refractivity contribution is 5.90. The molecule has 0 fully saturated rings. The Kier molecular flexibility index (Phi) is 6.06. The second-order valence-corrected chi connectivity index (χ2v) is 6.44. The normalized spacial score (nSPS) is 17.7. The zero-order valence-corrected chi connectivity index (χ0v) is 16.4. The Labute approximate surface area is 168 Å². The number of amides is 2. The van der Waals surface area contributed by atoms with Crippen LogP contribution < -0.4 is 4.90 Å². The van der Waals surface area contributed by atoms with Crippen LogP contribution in [0.25, 0.3) is 0 Å². The number of methoxy groups -OCH3 is 3. The molecule has 0 aromatic heterocycles. The number of hydrogen-bond acceptors (Lipinski definition) is 7. The van der Waals surface area contributed by atoms with E-state index in [9.17, 15) is 14.4 Å². The van der Waals surface area contributed by atoms with Crippen LogP contribution in [-0.2, 0) is 18.9 Å². The van der Waals surface area contributed by atoms with Gasteiger partial charge in [0.15, 0.2) is 0 Å². The monoisotopic (exact) mass is 402 g/mol. The summed E-state index contributed by atoms with van der Waals surface area (Å²) >= 11 is 0. The molecule has 1 atom stereocenters. The lowest BCUT2D eigenvalue weighted by atomic mass is 9.95. The zero-order valence-electron chi connectivity index (χ0n) is 16.4. The molecule has 1 aromatic rings. The highest BCUT2D eigenvalue weighted by Crippen LogP contribution is 2.40. The molecule has 0 saturated heterocycles. The predicted octanol–water partition coefficient (Wildman–Crippen LogP) is 3.38. The maximum atomic E-state index is 12.3. The van der Waals surface area contributed by atoms with E-state index in [0.717, 1.165) is 11.3 Å². The number of allylic oxidation sites excluding steroid dienone is 3. The molecule has 2 aliphatic rings. The third kappa shape index (κ3) is 4.18. The van der Waals surface area contributed by atoms with Gasteiger partial charge in [-0.1, -0.05) is 18.2 Å². The molecule has 1 aromatic carbocycles. The van der Waals surface area contributed by atoms with Crippen molar-refractivity contribution in [2.24, 2.45) is 0 Å². The molecule has 9 heteroatoms. The van der Waals surface area contributed by atoms with Crippen LogP contribution in [0.3, 0.4) is 0 Å². The number of rotatable bonds is 3. The summed E-state index contributed by atoms with van der Waals surface area (Å²) in [4.78, 5) is 38.8. The number of carbonyl (C=O) groups is 3. The molecule has 0 N–H and O–H groups in total. The Balaban J connectivity index is 1.86. The van der Waals surface area contributed by atoms with Crippen molar-refractivity contribution in [2.75, 3.05) is 39.3 Å². The molecule has 2 amide bonds. The molecular formula is C20H22N2O7. The van der Waals surface area contributed by atoms with Gasteiger partial charge in [0.05, 0.1) is 33.6 Å². The van der Waals surface area contributed by atoms with E-state index in [0.29, 0.717) is 18.7 Å². The summed E-state index contributed by atoms with van der Waals surface area (Å²) in [5.74, 6) is 0.217. The van der Waals surface area contributed by atoms with Gasteiger partial charge in [-0.05, 0) is 30.2 Å². The van der Waals surface area contributed by atoms with Crippen LogP contribution in [0.15, 0.2) is 47.9 Å². The third-order valence-corrected chi connectivity index (χ3v) is 4.82. The summed E-state index contributed by atoms with van der Waals surface area (Å²) < 4.78 is 19.3. The number of carbonyl (C=O) groups excluding carboxylic acids is 3. The van der Waals surface area contributed by atoms with Gasteiger partial charge in [-0.3, -0.25) is 9.80 Å². The molecule has 0 bridgehead atoms. The van der Waals surface area contributed by atoms with Crippen LogP contribution >= 0.6 is 0 Å². The summed E-state index contributed by atoms with van der Waals surface area (Å²) in [5, 5.41) is 0. The van der Waals surface area contributed by atoms with Crippen molar-refractivity contribution in [3.63, 3.8) is 0 Å². The molecular weight excluding hydrogens is 380 g/mol. The number of para-hydroxylation sites is 1. The van der Waals surface area contributed by atoms with Crippen LogP contribution in [0, 0.1) is 0 Å². The van der Waals surface area contributed by atoms with E-state index in [1.165, 1.54) is 26.2 Å². The quantitative estimate of drug-likeness (QED) is 0.565. The van der Waals surface area contributed by atoms with Gasteiger partial charge >= 0.3 is 18.3 Å². The number of nitrogens with zero attached hydrogens (tertiary/aromatic N) is 2. The number of ether oxygens (including phenoxy) is 4. The minimum absolute atomic E-state index is 0.0304. The van der Waals surface area contributed by atoms with Crippen molar-refractivity contribution in [1.29, 1.82) is 0 Å². The first-order valence-corrected chi connectivity index (χ1v) is 8.93. The van der Waals surface area contributed by atoms with Gasteiger partial charge < -0.3 is 18.9 Å². The molecule has 29 heavy (non-hydrogen) atoms. The lowest BCUT2D eigenvalue weighted by Gasteiger charge is -2.29. The summed E-state index contributed by atoms with van der Waals surface area (Å²) in [6, 6.07) is 7.58. The van der Waals surface area contributed by atoms with E-state index in [1.807, 2.05) is 24.3 Å². The minimum Gasteiger partial charge on any atom is -0.452 e. The Morgan fingerprint density at radius 2 is 1.66 bits per heavy atom. The fourth-order valence-corrected chi connectivity index (χ4v) is 3.48. The van der Waals surface area contributed by atoms with E-state index in [1.54, 1.807) is 17.1 Å². The fourth-order valence-electron chi connectivity index (χ4n) is 3.48. The molecule has 154 valence electrons. The van der Waals surface area contributed by atoms with E-state index in [2.05, 4.69) is 4.74 Å². The number of benzene rings is 1. The smallest absolute Gasteiger partial charge is 0.452 e. The van der Waals surface area contributed by atoms with Crippen molar-refractivity contribution < 1.29 is 33.3 Å². The summed E-state index contributed by atoms with van der Waals surface area (Å²) in [7, 11) is 3.83. The zero-order chi connectivity index (χ0) is 21.0. The maximum absolute atomic E-state index is 12.3. The van der Waals surface area contributed by atoms with Gasteiger partial charge in [-0.25, -0.2) is 14.4 Å². The average molecular weight is 402 g/mol. The minimum atomic E-state index is -0.864. The Hall–Kier alpha value is -3.49. The van der Waals surface area contributed by atoms with Crippen LogP contribution in [0.2, 0.25) is 0 Å². The van der Waals surface area contributed by atoms with Crippen molar-refractivity contribution in [3.05, 3.63) is 53.4 Å². The van der Waals surface area contributed by atoms with Crippen LogP contribution in [0.1, 0.15) is 17.9 Å². The van der Waals surface area contributed by atoms with Crippen molar-refractivity contribution in [3.8, 4) is 0 Å². The first kappa shape index (κ1) is 20.2. The molecule has 1 unspecified atom stereocenters. The molecule has 0 saturated carbocycles. The van der Waals surface area contributed by atoms with Crippen molar-refractivity contribution in [1.82, 2.24) is 4.90 Å². The SMILES string of the molecule is COC(=O)OC1=CC=C(CC2CN(C(=O)OC)c3ccccc32)N(C(=O)OC)C1. The standard InChI is InChI=1S/C20H22N2O7/c1-26-18(23)21-12-15(29-20(25)28-3)9-8-14(21)10-13-11-22(19(24)27-2)17-7-5-4-6-16(13)17/h4-9,13H,10-12H2,1-3H3. The lowest BCUT2D eigenvalue weighted by molar-refractivity contribution is 0.0872. The van der Waals surface area contributed by atoms with Crippen LogP contribution in [-0.4, -0.2) is 57.7 Å². The molecule has 2 heterocycles. The van der Waals surface area contributed by atoms with Gasteiger partial charge in [-0.15, -0.1) is 0 Å². The lowest BCUT2D eigenvalue weighted by Crippen LogP contribution is -2.36. The molecule has 0 aliphatic carbocycles. The molecule has 0 spiro atoms. The summed E-state index contributed by atoms with van der Waals surface area (Å²) in [6.45, 7) is 0.455. The van der Waals surface area contributed by atoms with Gasteiger partial charge in [0.25, 0.3) is 0 Å². The number of hydrogen-bond donors (Lipinski definition) is 0. The highest BCUT2D eigenvalue weighted by atomic mass is 16.7. The summed E-state index contributed by atoms with van der Waals surface area (Å²) in [6.07, 6.45) is 1.91. The van der Waals surface area contributed by atoms with Gasteiger partial charge in [-0.2, -0.15) is 0 Å². The van der Waals surface area contributed by atoms with Crippen LogP contribution in [0.4, 0.5) is 20.1 Å². The molecule has 2 aliphatic heterocycles. The third-order valence-electron chi connectivity index (χ3n) is 4.82. The van der Waals surface area contributed by atoms with E-state index in [-0.39, 0.29) is 18.2 Å². The Morgan fingerprint density at radius 1 is 0.966 bits per heavy atom. The highest BCUT2D eigenvalue weighted by Gasteiger charge is 2.35. The van der Waals surface area contributed by atoms with Gasteiger partial charge in [0, 0.05) is 18.2 Å². The largest absolute Gasteiger partial charge is 0.513 e. The maximum Gasteiger partial charge on any atom is 0.513 e. The number of fused-ring (bicyclic) bond motifs is 1. The second-order valence-electron chi connectivity index (χ2n) is 6.44. The Morgan fingerprint density at radius 3 is 2.34 bits per heavy atom. The topological polar surface area (TPSA) is 94.6 Å².